The Balaban J connectivity index is 1.43. The Morgan fingerprint density at radius 1 is 1.00 bits per heavy atom. The van der Waals surface area contributed by atoms with Gasteiger partial charge in [-0.25, -0.2) is 4.79 Å². The number of halogens is 1. The third-order valence-electron chi connectivity index (χ3n) is 12.3. The molecule has 2 aromatic carbocycles. The van der Waals surface area contributed by atoms with E-state index in [-0.39, 0.29) is 60.6 Å². The number of Topliss-reactive ketones (excluding diaryl/α,β-unsaturated/α-hetero) is 1. The SMILES string of the molecule is CC#C/C=C\C#C[C@H](OCC(C)C(C)COc1cc2c(cc1OCC(C)CC)C(=O)N1C=C(c3c(C)c(I)c(OC)c(OC)c3OC)CC1CN2)C1=C(NC(=O)OC)C(=O)C[C@H](O)/C1=C/CS(C)=S. The average Bonchev–Trinajstić information content (AvgIpc) is 3.71. The number of amides is 2. The average molecular weight is 1100 g/mol. The maximum Gasteiger partial charge on any atom is 0.411 e. The zero-order valence-corrected chi connectivity index (χ0v) is 45.0. The number of rotatable bonds is 19. The quantitative estimate of drug-likeness (QED) is 0.0920. The van der Waals surface area contributed by atoms with Gasteiger partial charge < -0.3 is 48.5 Å². The fraction of sp³-hybridized carbons (Fsp3) is 0.481. The fourth-order valence-corrected chi connectivity index (χ4v) is 9.31. The number of fused-ring (bicyclic) bond motifs is 2. The van der Waals surface area contributed by atoms with Crippen LogP contribution in [0.1, 0.15) is 75.4 Å². The van der Waals surface area contributed by atoms with Crippen molar-refractivity contribution >= 4 is 72.3 Å². The van der Waals surface area contributed by atoms with Gasteiger partial charge in [-0.2, -0.15) is 0 Å². The lowest BCUT2D eigenvalue weighted by Gasteiger charge is -2.30. The van der Waals surface area contributed by atoms with Crippen molar-refractivity contribution in [1.29, 1.82) is 0 Å². The van der Waals surface area contributed by atoms with Crippen LogP contribution in [0.4, 0.5) is 10.5 Å². The molecule has 5 rings (SSSR count). The minimum absolute atomic E-state index is 0.0560. The maximum absolute atomic E-state index is 14.6. The highest BCUT2D eigenvalue weighted by molar-refractivity contribution is 14.1. The second-order valence-corrected chi connectivity index (χ2v) is 21.4. The number of carbonyl (C=O) groups is 3. The van der Waals surface area contributed by atoms with Gasteiger partial charge in [0.05, 0.1) is 80.9 Å². The Bertz CT molecular complexity index is 2550. The summed E-state index contributed by atoms with van der Waals surface area (Å²) in [5.74, 6) is 14.1. The number of hydrogen-bond donors (Lipinski definition) is 3. The first kappa shape index (κ1) is 54.9. The molecule has 0 bridgehead atoms. The van der Waals surface area contributed by atoms with Gasteiger partial charge in [-0.3, -0.25) is 14.9 Å². The molecule has 0 fully saturated rings. The van der Waals surface area contributed by atoms with Gasteiger partial charge in [-0.05, 0) is 102 Å². The molecule has 372 valence electrons. The summed E-state index contributed by atoms with van der Waals surface area (Å²) in [6.07, 6.45) is 6.93. The molecule has 17 heteroatoms. The van der Waals surface area contributed by atoms with Crippen molar-refractivity contribution in [1.82, 2.24) is 10.2 Å². The summed E-state index contributed by atoms with van der Waals surface area (Å²) in [4.78, 5) is 42.4. The Morgan fingerprint density at radius 2 is 1.67 bits per heavy atom. The number of alkyl carbamates (subject to hydrolysis) is 1. The molecule has 2 amide bonds. The Hall–Kier alpha value is -5.05. The van der Waals surface area contributed by atoms with E-state index in [4.69, 9.17) is 44.3 Å². The smallest absolute Gasteiger partial charge is 0.411 e. The molecule has 1 aliphatic carbocycles. The van der Waals surface area contributed by atoms with Crippen LogP contribution in [-0.4, -0.2) is 113 Å². The first-order chi connectivity index (χ1) is 33.0. The Kier molecular flexibility index (Phi) is 20.4. The second kappa shape index (κ2) is 25.7. The van der Waals surface area contributed by atoms with E-state index >= 15 is 0 Å². The summed E-state index contributed by atoms with van der Waals surface area (Å²) < 4.78 is 42.7. The van der Waals surface area contributed by atoms with Crippen molar-refractivity contribution in [3.63, 3.8) is 0 Å². The lowest BCUT2D eigenvalue weighted by atomic mass is 9.84. The molecule has 0 saturated heterocycles. The van der Waals surface area contributed by atoms with Crippen LogP contribution < -0.4 is 34.3 Å². The van der Waals surface area contributed by atoms with Crippen molar-refractivity contribution in [2.24, 2.45) is 17.8 Å². The van der Waals surface area contributed by atoms with Crippen LogP contribution in [0.25, 0.3) is 5.57 Å². The lowest BCUT2D eigenvalue weighted by Crippen LogP contribution is -2.39. The van der Waals surface area contributed by atoms with Gasteiger partial charge in [0, 0.05) is 42.1 Å². The number of nitrogens with one attached hydrogen (secondary N) is 2. The number of hydrogen-bond acceptors (Lipinski definition) is 13. The molecule has 7 atom stereocenters. The van der Waals surface area contributed by atoms with E-state index in [2.05, 4.69) is 70.8 Å². The molecule has 2 aromatic rings. The Morgan fingerprint density at radius 3 is 2.32 bits per heavy atom. The molecular weight excluding hydrogens is 1030 g/mol. The molecule has 0 saturated carbocycles. The van der Waals surface area contributed by atoms with Crippen molar-refractivity contribution in [2.45, 2.75) is 79.1 Å². The minimum Gasteiger partial charge on any atom is -0.492 e. The van der Waals surface area contributed by atoms with Crippen molar-refractivity contribution < 1.29 is 52.6 Å². The largest absolute Gasteiger partial charge is 0.492 e. The molecule has 3 aliphatic rings. The molecular formula is C52H64IN3O11S2. The highest BCUT2D eigenvalue weighted by Gasteiger charge is 2.39. The lowest BCUT2D eigenvalue weighted by molar-refractivity contribution is -0.118. The van der Waals surface area contributed by atoms with Gasteiger partial charge in [0.1, 0.15) is 6.10 Å². The van der Waals surface area contributed by atoms with Gasteiger partial charge in [-0.1, -0.05) is 69.1 Å². The van der Waals surface area contributed by atoms with E-state index in [9.17, 15) is 19.5 Å². The van der Waals surface area contributed by atoms with Crippen molar-refractivity contribution in [2.75, 3.05) is 72.1 Å². The van der Waals surface area contributed by atoms with Gasteiger partial charge in [0.15, 0.2) is 28.8 Å². The van der Waals surface area contributed by atoms with Gasteiger partial charge >= 0.3 is 6.09 Å². The van der Waals surface area contributed by atoms with Crippen LogP contribution in [0.2, 0.25) is 0 Å². The van der Waals surface area contributed by atoms with E-state index in [0.29, 0.717) is 70.9 Å². The summed E-state index contributed by atoms with van der Waals surface area (Å²) in [7, 11) is 5.54. The third-order valence-corrected chi connectivity index (χ3v) is 14.7. The van der Waals surface area contributed by atoms with Crippen molar-refractivity contribution in [3.05, 3.63) is 73.7 Å². The minimum atomic E-state index is -1.16. The number of aliphatic hydroxyl groups is 1. The van der Waals surface area contributed by atoms with Gasteiger partial charge in [0.25, 0.3) is 5.91 Å². The predicted molar refractivity (Wildman–Crippen MR) is 282 cm³/mol. The normalized spacial score (nSPS) is 19.3. The third kappa shape index (κ3) is 13.2. The van der Waals surface area contributed by atoms with Crippen LogP contribution in [0.15, 0.2) is 53.4 Å². The van der Waals surface area contributed by atoms with E-state index in [1.54, 1.807) is 57.4 Å². The summed E-state index contributed by atoms with van der Waals surface area (Å²) in [5.41, 5.74) is 4.48. The van der Waals surface area contributed by atoms with E-state index in [1.165, 1.54) is 7.11 Å². The number of anilines is 1. The zero-order chi connectivity index (χ0) is 50.5. The van der Waals surface area contributed by atoms with E-state index in [0.717, 1.165) is 26.7 Å². The first-order valence-corrected chi connectivity index (χ1v) is 26.5. The fourth-order valence-electron chi connectivity index (χ4n) is 7.95. The Labute approximate surface area is 427 Å². The molecule has 0 aromatic heterocycles. The number of benzene rings is 2. The van der Waals surface area contributed by atoms with Crippen LogP contribution in [0.5, 0.6) is 28.7 Å². The summed E-state index contributed by atoms with van der Waals surface area (Å²) in [5, 5.41) is 17.3. The van der Waals surface area contributed by atoms with Crippen LogP contribution in [0.3, 0.4) is 0 Å². The van der Waals surface area contributed by atoms with Gasteiger partial charge in [0.2, 0.25) is 5.75 Å². The second-order valence-electron chi connectivity index (χ2n) is 17.1. The molecule has 14 nitrogen and oxygen atoms in total. The highest BCUT2D eigenvalue weighted by atomic mass is 127. The summed E-state index contributed by atoms with van der Waals surface area (Å²) in [6, 6.07) is 3.43. The van der Waals surface area contributed by atoms with Crippen LogP contribution in [0, 0.1) is 51.9 Å². The molecule has 2 aliphatic heterocycles. The monoisotopic (exact) mass is 1100 g/mol. The topological polar surface area (TPSA) is 163 Å². The molecule has 0 spiro atoms. The number of carbonyl (C=O) groups excluding carboxylic acids is 3. The number of aliphatic hydroxyl groups excluding tert-OH is 1. The number of nitrogens with zero attached hydrogens (tertiary/aromatic N) is 1. The molecule has 2 heterocycles. The van der Waals surface area contributed by atoms with Crippen molar-refractivity contribution in [3.8, 4) is 52.4 Å². The van der Waals surface area contributed by atoms with Crippen LogP contribution >= 0.6 is 22.6 Å². The van der Waals surface area contributed by atoms with Crippen LogP contribution in [-0.2, 0) is 34.9 Å². The number of allylic oxidation sites excluding steroid dienone is 3. The first-order valence-electron chi connectivity index (χ1n) is 22.7. The standard InChI is InChI=1S/C52H64IN3O11S2/c1-12-14-15-16-17-18-41(45-36(19-20-69(11)68)39(57)24-40(58)47(45)55-52(60)64-10)66-28-31(4)32(5)29-67-43-23-38-37(22-42(43)65-27-30(3)13-2)51(59)56-26-34(21-35(56)25-54-38)44-33(6)46(53)49(62-8)50(63-9)48(44)61-7/h15-16,19,22-23,26,30-32,35,39,41,54,57H,13,20-21,24-25,27-29H2,1-11H3,(H,55,60)/b16-15-,36-19-/t30?,31?,32?,35?,39-,41-,69?/m0/s1. The zero-order valence-electron chi connectivity index (χ0n) is 41.3. The molecule has 5 unspecified atom stereocenters. The number of ether oxygens (including phenoxy) is 7. The number of ketones is 1. The molecule has 3 N–H and O–H groups in total. The molecule has 69 heavy (non-hydrogen) atoms. The number of methoxy groups -OCH3 is 4. The van der Waals surface area contributed by atoms with E-state index in [1.807, 2.05) is 39.3 Å². The molecule has 0 radical (unpaired) electrons. The summed E-state index contributed by atoms with van der Waals surface area (Å²) >= 11 is 7.71. The summed E-state index contributed by atoms with van der Waals surface area (Å²) in [6.45, 7) is 13.3. The highest BCUT2D eigenvalue weighted by Crippen LogP contribution is 2.50. The maximum atomic E-state index is 14.6. The van der Waals surface area contributed by atoms with E-state index < -0.39 is 33.5 Å². The van der Waals surface area contributed by atoms with Gasteiger partial charge in [-0.15, -0.1) is 15.4 Å². The predicted octanol–water partition coefficient (Wildman–Crippen LogP) is 7.93.